The smallest absolute Gasteiger partial charge is 0.257 e. The summed E-state index contributed by atoms with van der Waals surface area (Å²) in [7, 11) is 1.64. The van der Waals surface area contributed by atoms with Crippen molar-refractivity contribution in [1.29, 1.82) is 0 Å². The lowest BCUT2D eigenvalue weighted by atomic mass is 10.0. The molecule has 0 bridgehead atoms. The molecule has 0 aliphatic carbocycles. The van der Waals surface area contributed by atoms with Gasteiger partial charge in [0.1, 0.15) is 11.3 Å². The first-order valence-electron chi connectivity index (χ1n) is 9.16. The molecule has 142 valence electrons. The first-order valence-corrected chi connectivity index (χ1v) is 9.16. The molecule has 0 radical (unpaired) electrons. The van der Waals surface area contributed by atoms with Gasteiger partial charge in [-0.15, -0.1) is 0 Å². The van der Waals surface area contributed by atoms with Crippen molar-refractivity contribution in [3.8, 4) is 5.75 Å². The second-order valence-corrected chi connectivity index (χ2v) is 6.88. The van der Waals surface area contributed by atoms with E-state index in [9.17, 15) is 4.79 Å². The van der Waals surface area contributed by atoms with Crippen LogP contribution in [0, 0.1) is 20.8 Å². The Hall–Kier alpha value is -3.41. The Bertz CT molecular complexity index is 1210. The number of carbonyl (C=O) groups is 1. The molecule has 1 amide bonds. The van der Waals surface area contributed by atoms with Crippen molar-refractivity contribution in [2.24, 2.45) is 0 Å². The summed E-state index contributed by atoms with van der Waals surface area (Å²) in [5, 5.41) is 9.67. The topological polar surface area (TPSA) is 68.5 Å². The summed E-state index contributed by atoms with van der Waals surface area (Å²) >= 11 is 0. The number of nitrogens with zero attached hydrogens (tertiary/aromatic N) is 3. The molecule has 0 unspecified atom stereocenters. The molecule has 0 atom stereocenters. The monoisotopic (exact) mass is 374 g/mol. The number of hydrogen-bond donors (Lipinski definition) is 1. The highest BCUT2D eigenvalue weighted by atomic mass is 16.5. The summed E-state index contributed by atoms with van der Waals surface area (Å²) in [4.78, 5) is 17.6. The van der Waals surface area contributed by atoms with Gasteiger partial charge in [-0.2, -0.15) is 5.10 Å². The average Bonchev–Trinajstić information content (AvgIpc) is 3.02. The number of aromatic nitrogens is 3. The van der Waals surface area contributed by atoms with Crippen LogP contribution in [0.2, 0.25) is 0 Å². The van der Waals surface area contributed by atoms with E-state index in [0.29, 0.717) is 23.4 Å². The van der Waals surface area contributed by atoms with Crippen LogP contribution in [0.3, 0.4) is 0 Å². The number of nitrogens with one attached hydrogen (secondary N) is 1. The maximum Gasteiger partial charge on any atom is 0.257 e. The van der Waals surface area contributed by atoms with Crippen LogP contribution in [-0.4, -0.2) is 27.6 Å². The molecule has 0 saturated heterocycles. The molecular formula is C22H22N4O2. The number of rotatable bonds is 4. The van der Waals surface area contributed by atoms with Gasteiger partial charge in [0.15, 0.2) is 5.65 Å². The molecule has 6 heteroatoms. The summed E-state index contributed by atoms with van der Waals surface area (Å²) in [5.74, 6) is 0.556. The molecule has 0 fully saturated rings. The zero-order valence-electron chi connectivity index (χ0n) is 16.4. The summed E-state index contributed by atoms with van der Waals surface area (Å²) in [6.45, 7) is 6.05. The molecule has 0 aliphatic rings. The van der Waals surface area contributed by atoms with E-state index in [1.165, 1.54) is 0 Å². The van der Waals surface area contributed by atoms with Crippen LogP contribution in [0.25, 0.3) is 16.4 Å². The van der Waals surface area contributed by atoms with E-state index < -0.39 is 0 Å². The van der Waals surface area contributed by atoms with Crippen molar-refractivity contribution < 1.29 is 9.53 Å². The molecule has 1 N–H and O–H groups in total. The van der Waals surface area contributed by atoms with Crippen molar-refractivity contribution in [2.75, 3.05) is 7.11 Å². The molecule has 6 nitrogen and oxygen atoms in total. The summed E-state index contributed by atoms with van der Waals surface area (Å²) in [5.41, 5.74) is 4.49. The Kier molecular flexibility index (Phi) is 4.47. The molecule has 2 heterocycles. The number of hydrogen-bond acceptors (Lipinski definition) is 4. The van der Waals surface area contributed by atoms with Crippen LogP contribution in [0.5, 0.6) is 5.75 Å². The summed E-state index contributed by atoms with van der Waals surface area (Å²) in [6, 6.07) is 14.0. The zero-order chi connectivity index (χ0) is 19.8. The van der Waals surface area contributed by atoms with Crippen LogP contribution in [0.1, 0.15) is 33.0 Å². The third-order valence-corrected chi connectivity index (χ3v) is 4.94. The van der Waals surface area contributed by atoms with E-state index in [1.807, 2.05) is 63.2 Å². The van der Waals surface area contributed by atoms with Crippen LogP contribution in [-0.2, 0) is 6.54 Å². The molecule has 0 aliphatic heterocycles. The van der Waals surface area contributed by atoms with Gasteiger partial charge < -0.3 is 10.1 Å². The molecule has 4 rings (SSSR count). The SMILES string of the molecule is COc1ccc2ccccc2c1CNC(=O)c1c(C)nn2c(C)cc(C)nc12. The normalized spacial score (nSPS) is 11.1. The summed E-state index contributed by atoms with van der Waals surface area (Å²) < 4.78 is 7.24. The molecule has 2 aromatic heterocycles. The van der Waals surface area contributed by atoms with Gasteiger partial charge in [0.05, 0.1) is 12.8 Å². The van der Waals surface area contributed by atoms with Gasteiger partial charge in [0, 0.05) is 23.5 Å². The fourth-order valence-corrected chi connectivity index (χ4v) is 3.64. The van der Waals surface area contributed by atoms with E-state index in [0.717, 1.165) is 33.5 Å². The molecule has 4 aromatic rings. The van der Waals surface area contributed by atoms with Crippen LogP contribution < -0.4 is 10.1 Å². The predicted molar refractivity (Wildman–Crippen MR) is 109 cm³/mol. The van der Waals surface area contributed by atoms with Crippen LogP contribution in [0.4, 0.5) is 0 Å². The number of methoxy groups -OCH3 is 1. The fraction of sp³-hybridized carbons (Fsp3) is 0.227. The minimum atomic E-state index is -0.194. The molecule has 0 spiro atoms. The lowest BCUT2D eigenvalue weighted by Crippen LogP contribution is -2.24. The molecule has 28 heavy (non-hydrogen) atoms. The number of benzene rings is 2. The maximum absolute atomic E-state index is 13.0. The average molecular weight is 374 g/mol. The lowest BCUT2D eigenvalue weighted by Gasteiger charge is -2.13. The predicted octanol–water partition coefficient (Wildman–Crippen LogP) is 3.75. The number of amides is 1. The summed E-state index contributed by atoms with van der Waals surface area (Å²) in [6.07, 6.45) is 0. The quantitative estimate of drug-likeness (QED) is 0.591. The van der Waals surface area contributed by atoms with Crippen LogP contribution in [0.15, 0.2) is 42.5 Å². The highest BCUT2D eigenvalue weighted by Gasteiger charge is 2.20. The number of fused-ring (bicyclic) bond motifs is 2. The van der Waals surface area contributed by atoms with Crippen molar-refractivity contribution in [3.05, 3.63) is 70.7 Å². The van der Waals surface area contributed by atoms with E-state index in [-0.39, 0.29) is 5.91 Å². The fourth-order valence-electron chi connectivity index (χ4n) is 3.64. The van der Waals surface area contributed by atoms with Gasteiger partial charge in [-0.05, 0) is 43.7 Å². The second-order valence-electron chi connectivity index (χ2n) is 6.88. The van der Waals surface area contributed by atoms with Gasteiger partial charge in [-0.1, -0.05) is 30.3 Å². The van der Waals surface area contributed by atoms with E-state index >= 15 is 0 Å². The first kappa shape index (κ1) is 18.0. The van der Waals surface area contributed by atoms with E-state index in [4.69, 9.17) is 4.74 Å². The van der Waals surface area contributed by atoms with Crippen LogP contribution >= 0.6 is 0 Å². The number of ether oxygens (including phenoxy) is 1. The second kappa shape index (κ2) is 6.96. The van der Waals surface area contributed by atoms with E-state index in [1.54, 1.807) is 11.6 Å². The largest absolute Gasteiger partial charge is 0.496 e. The van der Waals surface area contributed by atoms with Gasteiger partial charge in [0.25, 0.3) is 5.91 Å². The Morgan fingerprint density at radius 1 is 1.14 bits per heavy atom. The Morgan fingerprint density at radius 2 is 1.93 bits per heavy atom. The molecule has 0 saturated carbocycles. The van der Waals surface area contributed by atoms with Crippen molar-refractivity contribution >= 4 is 22.3 Å². The maximum atomic E-state index is 13.0. The number of aryl methyl sites for hydroxylation is 3. The third kappa shape index (κ3) is 2.97. The zero-order valence-corrected chi connectivity index (χ0v) is 16.4. The molecule has 2 aromatic carbocycles. The first-order chi connectivity index (χ1) is 13.5. The van der Waals surface area contributed by atoms with Crippen molar-refractivity contribution in [1.82, 2.24) is 19.9 Å². The minimum Gasteiger partial charge on any atom is -0.496 e. The third-order valence-electron chi connectivity index (χ3n) is 4.94. The Balaban J connectivity index is 1.71. The Morgan fingerprint density at radius 3 is 2.71 bits per heavy atom. The standard InChI is InChI=1S/C22H22N4O2/c1-13-11-14(2)26-21(24-13)20(15(3)25-26)22(27)23-12-18-17-8-6-5-7-16(17)9-10-19(18)28-4/h5-11H,12H2,1-4H3,(H,23,27). The Labute approximate surface area is 163 Å². The van der Waals surface area contributed by atoms with Gasteiger partial charge >= 0.3 is 0 Å². The van der Waals surface area contributed by atoms with Gasteiger partial charge in [-0.25, -0.2) is 9.50 Å². The van der Waals surface area contributed by atoms with Crippen molar-refractivity contribution in [2.45, 2.75) is 27.3 Å². The van der Waals surface area contributed by atoms with Crippen molar-refractivity contribution in [3.63, 3.8) is 0 Å². The lowest BCUT2D eigenvalue weighted by molar-refractivity contribution is 0.0951. The molecular weight excluding hydrogens is 352 g/mol. The minimum absolute atomic E-state index is 0.194. The highest BCUT2D eigenvalue weighted by molar-refractivity contribution is 6.01. The van der Waals surface area contributed by atoms with Gasteiger partial charge in [-0.3, -0.25) is 4.79 Å². The van der Waals surface area contributed by atoms with Gasteiger partial charge in [0.2, 0.25) is 0 Å². The van der Waals surface area contributed by atoms with E-state index in [2.05, 4.69) is 15.4 Å². The number of carbonyl (C=O) groups excluding carboxylic acids is 1. The highest BCUT2D eigenvalue weighted by Crippen LogP contribution is 2.28.